The van der Waals surface area contributed by atoms with Gasteiger partial charge in [-0.2, -0.15) is 0 Å². The van der Waals surface area contributed by atoms with Crippen LogP contribution in [-0.2, 0) is 19.1 Å². The highest BCUT2D eigenvalue weighted by atomic mass is 16.5. The Bertz CT molecular complexity index is 726. The summed E-state index contributed by atoms with van der Waals surface area (Å²) in [5.74, 6) is -0.837. The average Bonchev–Trinajstić information content (AvgIpc) is 2.76. The van der Waals surface area contributed by atoms with Crippen LogP contribution in [0.25, 0.3) is 0 Å². The number of hydrogen-bond donors (Lipinski definition) is 2. The van der Waals surface area contributed by atoms with Crippen molar-refractivity contribution in [1.82, 2.24) is 15.8 Å². The number of nitrogens with zero attached hydrogens (tertiary/aromatic N) is 1. The van der Waals surface area contributed by atoms with E-state index in [0.717, 1.165) is 0 Å². The van der Waals surface area contributed by atoms with E-state index in [2.05, 4.69) is 10.9 Å². The van der Waals surface area contributed by atoms with Gasteiger partial charge in [-0.1, -0.05) is 0 Å². The number of ether oxygens (including phenoxy) is 2. The number of methoxy groups -OCH3 is 1. The Morgan fingerprint density at radius 2 is 1.69 bits per heavy atom. The van der Waals surface area contributed by atoms with Crippen LogP contribution in [0.5, 0.6) is 5.75 Å². The lowest BCUT2D eigenvalue weighted by molar-refractivity contribution is -0.151. The lowest BCUT2D eigenvalue weighted by Gasteiger charge is -2.30. The van der Waals surface area contributed by atoms with Gasteiger partial charge in [0.1, 0.15) is 5.75 Å². The minimum Gasteiger partial charge on any atom is -0.497 e. The number of hydrogen-bond acceptors (Lipinski definition) is 6. The van der Waals surface area contributed by atoms with E-state index in [9.17, 15) is 19.2 Å². The Hall–Kier alpha value is -3.10. The van der Waals surface area contributed by atoms with Crippen LogP contribution < -0.4 is 15.6 Å². The van der Waals surface area contributed by atoms with Crippen molar-refractivity contribution in [1.29, 1.82) is 0 Å². The molecule has 1 fully saturated rings. The Balaban J connectivity index is 1.67. The van der Waals surface area contributed by atoms with Crippen molar-refractivity contribution in [3.8, 4) is 5.75 Å². The maximum absolute atomic E-state index is 12.3. The number of amides is 3. The summed E-state index contributed by atoms with van der Waals surface area (Å²) in [5, 5.41) is 0. The van der Waals surface area contributed by atoms with E-state index >= 15 is 0 Å². The van der Waals surface area contributed by atoms with Crippen molar-refractivity contribution in [2.24, 2.45) is 5.92 Å². The normalized spacial score (nSPS) is 14.1. The van der Waals surface area contributed by atoms with Crippen LogP contribution in [0.3, 0.4) is 0 Å². The summed E-state index contributed by atoms with van der Waals surface area (Å²) in [4.78, 5) is 49.5. The fourth-order valence-corrected chi connectivity index (χ4v) is 3.01. The molecule has 1 saturated heterocycles. The van der Waals surface area contributed by atoms with Crippen LogP contribution in [0, 0.1) is 5.92 Å². The van der Waals surface area contributed by atoms with Crippen LogP contribution in [-0.4, -0.2) is 55.4 Å². The summed E-state index contributed by atoms with van der Waals surface area (Å²) in [6.07, 6.45) is 1.12. The number of nitrogens with one attached hydrogen (secondary N) is 2. The summed E-state index contributed by atoms with van der Waals surface area (Å²) < 4.78 is 10.0. The highest BCUT2D eigenvalue weighted by Crippen LogP contribution is 2.19. The first-order chi connectivity index (χ1) is 13.9. The topological polar surface area (TPSA) is 114 Å². The maximum atomic E-state index is 12.3. The molecule has 0 unspecified atom stereocenters. The van der Waals surface area contributed by atoms with Gasteiger partial charge in [-0.25, -0.2) is 0 Å². The van der Waals surface area contributed by atoms with Crippen LogP contribution in [0.2, 0.25) is 0 Å². The van der Waals surface area contributed by atoms with Crippen LogP contribution in [0.4, 0.5) is 0 Å². The van der Waals surface area contributed by atoms with Crippen molar-refractivity contribution >= 4 is 23.7 Å². The molecule has 1 aliphatic rings. The Kier molecular flexibility index (Phi) is 8.45. The minimum absolute atomic E-state index is 0.0360. The Morgan fingerprint density at radius 3 is 2.28 bits per heavy atom. The molecule has 1 aromatic rings. The molecule has 1 heterocycles. The molecule has 3 amide bonds. The quantitative estimate of drug-likeness (QED) is 0.518. The Labute approximate surface area is 169 Å². The summed E-state index contributed by atoms with van der Waals surface area (Å²) in [5.41, 5.74) is 4.98. The van der Waals surface area contributed by atoms with Crippen molar-refractivity contribution in [3.05, 3.63) is 29.8 Å². The van der Waals surface area contributed by atoms with E-state index in [1.54, 1.807) is 36.1 Å². The zero-order chi connectivity index (χ0) is 21.2. The van der Waals surface area contributed by atoms with E-state index in [1.807, 2.05) is 0 Å². The third-order valence-corrected chi connectivity index (χ3v) is 4.70. The van der Waals surface area contributed by atoms with E-state index in [0.29, 0.717) is 43.9 Å². The van der Waals surface area contributed by atoms with Gasteiger partial charge in [-0.3, -0.25) is 30.0 Å². The van der Waals surface area contributed by atoms with E-state index in [1.165, 1.54) is 7.11 Å². The summed E-state index contributed by atoms with van der Waals surface area (Å²) in [6, 6.07) is 6.43. The molecule has 1 aliphatic heterocycles. The smallest absolute Gasteiger partial charge is 0.309 e. The predicted octanol–water partition coefficient (Wildman–Crippen LogP) is 1.04. The highest BCUT2D eigenvalue weighted by molar-refractivity contribution is 5.95. The minimum atomic E-state index is -0.464. The fourth-order valence-electron chi connectivity index (χ4n) is 3.01. The van der Waals surface area contributed by atoms with Gasteiger partial charge in [-0.15, -0.1) is 0 Å². The number of likely N-dealkylation sites (tertiary alicyclic amines) is 1. The van der Waals surface area contributed by atoms with Gasteiger partial charge >= 0.3 is 5.97 Å². The molecular formula is C20H27N3O6. The predicted molar refractivity (Wildman–Crippen MR) is 104 cm³/mol. The number of rotatable bonds is 7. The van der Waals surface area contributed by atoms with Crippen molar-refractivity contribution < 1.29 is 28.7 Å². The molecule has 2 N–H and O–H groups in total. The number of benzene rings is 1. The molecule has 158 valence electrons. The summed E-state index contributed by atoms with van der Waals surface area (Å²) >= 11 is 0. The zero-order valence-electron chi connectivity index (χ0n) is 16.7. The largest absolute Gasteiger partial charge is 0.497 e. The molecule has 2 rings (SSSR count). The third-order valence-electron chi connectivity index (χ3n) is 4.70. The van der Waals surface area contributed by atoms with Crippen LogP contribution in [0.1, 0.15) is 43.0 Å². The van der Waals surface area contributed by atoms with Crippen molar-refractivity contribution in [2.75, 3.05) is 26.8 Å². The highest BCUT2D eigenvalue weighted by Gasteiger charge is 2.28. The fraction of sp³-hybridized carbons (Fsp3) is 0.500. The van der Waals surface area contributed by atoms with Gasteiger partial charge in [0, 0.05) is 31.5 Å². The summed E-state index contributed by atoms with van der Waals surface area (Å²) in [6.45, 7) is 3.05. The number of esters is 1. The van der Waals surface area contributed by atoms with Gasteiger partial charge in [-0.05, 0) is 44.0 Å². The van der Waals surface area contributed by atoms with E-state index in [4.69, 9.17) is 9.47 Å². The monoisotopic (exact) mass is 405 g/mol. The molecule has 0 aromatic heterocycles. The summed E-state index contributed by atoms with van der Waals surface area (Å²) in [7, 11) is 1.53. The SMILES string of the molecule is CCOC(=O)C1CCN(C(=O)CCC(=O)NNC(=O)c2ccc(OC)cc2)CC1. The molecule has 0 spiro atoms. The second-order valence-corrected chi connectivity index (χ2v) is 6.64. The first-order valence-electron chi connectivity index (χ1n) is 9.62. The maximum Gasteiger partial charge on any atom is 0.309 e. The van der Waals surface area contributed by atoms with Gasteiger partial charge in [0.05, 0.1) is 19.6 Å². The molecule has 0 bridgehead atoms. The second kappa shape index (κ2) is 11.0. The molecular weight excluding hydrogens is 378 g/mol. The number of hydrazine groups is 1. The first-order valence-corrected chi connectivity index (χ1v) is 9.62. The van der Waals surface area contributed by atoms with Crippen molar-refractivity contribution in [2.45, 2.75) is 32.6 Å². The second-order valence-electron chi connectivity index (χ2n) is 6.64. The molecule has 0 atom stereocenters. The van der Waals surface area contributed by atoms with E-state index < -0.39 is 11.8 Å². The van der Waals surface area contributed by atoms with Gasteiger partial charge in [0.25, 0.3) is 5.91 Å². The molecule has 1 aromatic carbocycles. The number of piperidine rings is 1. The Morgan fingerprint density at radius 1 is 1.03 bits per heavy atom. The first kappa shape index (κ1) is 22.2. The van der Waals surface area contributed by atoms with Crippen LogP contribution >= 0.6 is 0 Å². The standard InChI is InChI=1S/C20H27N3O6/c1-3-29-20(27)15-10-12-23(13-11-15)18(25)9-8-17(24)21-22-19(26)14-4-6-16(28-2)7-5-14/h4-7,15H,3,8-13H2,1-2H3,(H,21,24)(H,22,26). The lowest BCUT2D eigenvalue weighted by atomic mass is 9.97. The van der Waals surface area contributed by atoms with Crippen LogP contribution in [0.15, 0.2) is 24.3 Å². The average molecular weight is 405 g/mol. The van der Waals surface area contributed by atoms with Crippen molar-refractivity contribution in [3.63, 3.8) is 0 Å². The third kappa shape index (κ3) is 6.78. The van der Waals surface area contributed by atoms with Gasteiger partial charge in [0.2, 0.25) is 11.8 Å². The molecule has 0 saturated carbocycles. The van der Waals surface area contributed by atoms with E-state index in [-0.39, 0.29) is 30.6 Å². The number of carbonyl (C=O) groups is 4. The molecule has 9 heteroatoms. The molecule has 9 nitrogen and oxygen atoms in total. The zero-order valence-corrected chi connectivity index (χ0v) is 16.7. The number of carbonyl (C=O) groups excluding carboxylic acids is 4. The molecule has 29 heavy (non-hydrogen) atoms. The lowest BCUT2D eigenvalue weighted by Crippen LogP contribution is -2.43. The van der Waals surface area contributed by atoms with Gasteiger partial charge < -0.3 is 14.4 Å². The molecule has 0 aliphatic carbocycles. The molecule has 0 radical (unpaired) electrons. The van der Waals surface area contributed by atoms with Gasteiger partial charge in [0.15, 0.2) is 0 Å².